The Labute approximate surface area is 129 Å². The summed E-state index contributed by atoms with van der Waals surface area (Å²) in [7, 11) is 0. The van der Waals surface area contributed by atoms with Gasteiger partial charge >= 0.3 is 0 Å². The van der Waals surface area contributed by atoms with Crippen LogP contribution in [0, 0.1) is 6.92 Å². The Bertz CT molecular complexity index is 553. The van der Waals surface area contributed by atoms with Crippen LogP contribution in [0.5, 0.6) is 0 Å². The molecule has 0 aromatic heterocycles. The molecule has 1 atom stereocenters. The van der Waals surface area contributed by atoms with Gasteiger partial charge in [0.25, 0.3) is 0 Å². The van der Waals surface area contributed by atoms with E-state index in [2.05, 4.69) is 76.2 Å². The molecule has 0 aliphatic carbocycles. The van der Waals surface area contributed by atoms with Crippen LogP contribution in [-0.4, -0.2) is 0 Å². The monoisotopic (exact) mass is 282 g/mol. The molecule has 0 spiro atoms. The molecule has 21 heavy (non-hydrogen) atoms. The molecular formula is C20H26O. The molecule has 0 heterocycles. The quantitative estimate of drug-likeness (QED) is 0.689. The van der Waals surface area contributed by atoms with E-state index in [1.807, 2.05) is 0 Å². The molecule has 0 bridgehead atoms. The summed E-state index contributed by atoms with van der Waals surface area (Å²) in [5.74, 6) is 0. The Morgan fingerprint density at radius 1 is 0.857 bits per heavy atom. The van der Waals surface area contributed by atoms with Crippen molar-refractivity contribution in [2.75, 3.05) is 0 Å². The molecule has 2 aromatic carbocycles. The second-order valence-electron chi connectivity index (χ2n) is 5.91. The molecule has 0 amide bonds. The van der Waals surface area contributed by atoms with E-state index in [4.69, 9.17) is 4.74 Å². The molecule has 0 fully saturated rings. The summed E-state index contributed by atoms with van der Waals surface area (Å²) in [6.07, 6.45) is 2.04. The molecule has 0 saturated carbocycles. The largest absolute Gasteiger partial charge is 0.366 e. The average Bonchev–Trinajstić information content (AvgIpc) is 2.54. The summed E-state index contributed by atoms with van der Waals surface area (Å²) in [4.78, 5) is 0. The minimum Gasteiger partial charge on any atom is -0.366 e. The van der Waals surface area contributed by atoms with E-state index in [9.17, 15) is 0 Å². The molecule has 112 valence electrons. The van der Waals surface area contributed by atoms with Gasteiger partial charge in [0.15, 0.2) is 0 Å². The van der Waals surface area contributed by atoms with Gasteiger partial charge in [-0.25, -0.2) is 0 Å². The van der Waals surface area contributed by atoms with Crippen LogP contribution in [0.15, 0.2) is 48.5 Å². The third kappa shape index (κ3) is 3.95. The fourth-order valence-electron chi connectivity index (χ4n) is 2.41. The molecule has 0 N–H and O–H groups in total. The molecule has 0 saturated heterocycles. The van der Waals surface area contributed by atoms with Gasteiger partial charge in [-0.3, -0.25) is 0 Å². The Kier molecular flexibility index (Phi) is 5.19. The second-order valence-corrected chi connectivity index (χ2v) is 5.91. The normalized spacial score (nSPS) is 13.9. The Morgan fingerprint density at radius 3 is 1.95 bits per heavy atom. The van der Waals surface area contributed by atoms with Crippen molar-refractivity contribution in [2.24, 2.45) is 0 Å². The van der Waals surface area contributed by atoms with Gasteiger partial charge in [0.05, 0.1) is 12.2 Å². The first-order chi connectivity index (χ1) is 10.1. The zero-order valence-electron chi connectivity index (χ0n) is 13.6. The number of ether oxygens (including phenoxy) is 1. The topological polar surface area (TPSA) is 9.23 Å². The van der Waals surface area contributed by atoms with Gasteiger partial charge in [-0.2, -0.15) is 0 Å². The van der Waals surface area contributed by atoms with E-state index in [1.165, 1.54) is 22.3 Å². The van der Waals surface area contributed by atoms with Crippen molar-refractivity contribution in [2.45, 2.75) is 52.7 Å². The third-order valence-corrected chi connectivity index (χ3v) is 4.33. The van der Waals surface area contributed by atoms with Gasteiger partial charge in [-0.1, -0.05) is 67.9 Å². The summed E-state index contributed by atoms with van der Waals surface area (Å²) in [5, 5.41) is 0. The number of rotatable bonds is 6. The number of hydrogen-bond donors (Lipinski definition) is 0. The zero-order chi connectivity index (χ0) is 15.3. The van der Waals surface area contributed by atoms with Gasteiger partial charge in [-0.15, -0.1) is 0 Å². The van der Waals surface area contributed by atoms with Crippen LogP contribution in [0.2, 0.25) is 0 Å². The maximum absolute atomic E-state index is 6.26. The number of benzene rings is 2. The Morgan fingerprint density at radius 2 is 1.43 bits per heavy atom. The van der Waals surface area contributed by atoms with E-state index in [0.717, 1.165) is 12.8 Å². The second kappa shape index (κ2) is 6.91. The fraction of sp³-hybridized carbons (Fsp3) is 0.400. The van der Waals surface area contributed by atoms with Crippen molar-refractivity contribution in [3.05, 3.63) is 70.8 Å². The molecule has 1 nitrogen and oxygen atoms in total. The first-order valence-corrected chi connectivity index (χ1v) is 7.86. The highest BCUT2D eigenvalue weighted by molar-refractivity contribution is 5.27. The van der Waals surface area contributed by atoms with Gasteiger partial charge in [0.2, 0.25) is 0 Å². The van der Waals surface area contributed by atoms with E-state index < -0.39 is 0 Å². The number of aryl methyl sites for hydroxylation is 2. The third-order valence-electron chi connectivity index (χ3n) is 4.33. The van der Waals surface area contributed by atoms with Gasteiger partial charge < -0.3 is 4.74 Å². The first-order valence-electron chi connectivity index (χ1n) is 7.86. The lowest BCUT2D eigenvalue weighted by molar-refractivity contribution is -0.0509. The predicted molar refractivity (Wildman–Crippen MR) is 89.4 cm³/mol. The van der Waals surface area contributed by atoms with Crippen LogP contribution in [0.3, 0.4) is 0 Å². The summed E-state index contributed by atoms with van der Waals surface area (Å²) >= 11 is 0. The minimum atomic E-state index is -0.225. The molecular weight excluding hydrogens is 256 g/mol. The molecule has 0 aliphatic heterocycles. The van der Waals surface area contributed by atoms with Crippen LogP contribution in [0.4, 0.5) is 0 Å². The van der Waals surface area contributed by atoms with Gasteiger partial charge in [0.1, 0.15) is 0 Å². The van der Waals surface area contributed by atoms with Crippen LogP contribution >= 0.6 is 0 Å². The highest BCUT2D eigenvalue weighted by atomic mass is 16.5. The zero-order valence-corrected chi connectivity index (χ0v) is 13.6. The van der Waals surface area contributed by atoms with Crippen molar-refractivity contribution in [3.63, 3.8) is 0 Å². The van der Waals surface area contributed by atoms with Crippen LogP contribution in [0.25, 0.3) is 0 Å². The fourth-order valence-corrected chi connectivity index (χ4v) is 2.41. The highest BCUT2D eigenvalue weighted by Crippen LogP contribution is 2.30. The first kappa shape index (κ1) is 15.8. The van der Waals surface area contributed by atoms with E-state index >= 15 is 0 Å². The Balaban J connectivity index is 2.10. The van der Waals surface area contributed by atoms with Crippen molar-refractivity contribution in [1.82, 2.24) is 0 Å². The standard InChI is InChI=1S/C20H26O/c1-5-17-11-13-19(14-12-17)20(4,6-2)21-15-18-9-7-16(3)8-10-18/h7-14H,5-6,15H2,1-4H3/t20-/m0/s1. The lowest BCUT2D eigenvalue weighted by Crippen LogP contribution is -2.24. The van der Waals surface area contributed by atoms with Crippen LogP contribution in [0.1, 0.15) is 49.4 Å². The SMILES string of the molecule is CCc1ccc([C@](C)(CC)OCc2ccc(C)cc2)cc1. The molecule has 0 unspecified atom stereocenters. The summed E-state index contributed by atoms with van der Waals surface area (Å²) in [6.45, 7) is 9.31. The van der Waals surface area contributed by atoms with E-state index in [1.54, 1.807) is 0 Å². The molecule has 0 radical (unpaired) electrons. The molecule has 1 heteroatoms. The molecule has 2 rings (SSSR count). The minimum absolute atomic E-state index is 0.225. The molecule has 0 aliphatic rings. The molecule has 2 aromatic rings. The smallest absolute Gasteiger partial charge is 0.0905 e. The van der Waals surface area contributed by atoms with Crippen LogP contribution < -0.4 is 0 Å². The van der Waals surface area contributed by atoms with Crippen LogP contribution in [-0.2, 0) is 23.4 Å². The van der Waals surface area contributed by atoms with Gasteiger partial charge in [-0.05, 0) is 43.4 Å². The van der Waals surface area contributed by atoms with Crippen molar-refractivity contribution >= 4 is 0 Å². The Hall–Kier alpha value is -1.60. The van der Waals surface area contributed by atoms with Crippen molar-refractivity contribution in [1.29, 1.82) is 0 Å². The van der Waals surface area contributed by atoms with Crippen molar-refractivity contribution < 1.29 is 4.74 Å². The van der Waals surface area contributed by atoms with E-state index in [-0.39, 0.29) is 5.60 Å². The maximum Gasteiger partial charge on any atom is 0.0905 e. The summed E-state index contributed by atoms with van der Waals surface area (Å²) < 4.78 is 6.26. The summed E-state index contributed by atoms with van der Waals surface area (Å²) in [5.41, 5.74) is 4.92. The number of hydrogen-bond acceptors (Lipinski definition) is 1. The lowest BCUT2D eigenvalue weighted by atomic mass is 9.92. The predicted octanol–water partition coefficient (Wildman–Crippen LogP) is 5.40. The lowest BCUT2D eigenvalue weighted by Gasteiger charge is -2.29. The maximum atomic E-state index is 6.26. The summed E-state index contributed by atoms with van der Waals surface area (Å²) in [6, 6.07) is 17.4. The van der Waals surface area contributed by atoms with E-state index in [0.29, 0.717) is 6.61 Å². The highest BCUT2D eigenvalue weighted by Gasteiger charge is 2.25. The van der Waals surface area contributed by atoms with Gasteiger partial charge in [0, 0.05) is 0 Å². The van der Waals surface area contributed by atoms with Crippen molar-refractivity contribution in [3.8, 4) is 0 Å². The average molecular weight is 282 g/mol.